The Morgan fingerprint density at radius 3 is 2.29 bits per heavy atom. The normalized spacial score (nSPS) is 18.3. The minimum Gasteiger partial charge on any atom is -0.486 e. The molecule has 2 nitrogen and oxygen atoms in total. The largest absolute Gasteiger partial charge is 0.486 e. The second kappa shape index (κ2) is 5.27. The zero-order chi connectivity index (χ0) is 14.2. The Hall–Kier alpha value is -1.67. The summed E-state index contributed by atoms with van der Waals surface area (Å²) in [5.41, 5.74) is 4.00. The first-order chi connectivity index (χ1) is 10.3. The number of alkyl halides is 1. The zero-order valence-electron chi connectivity index (χ0n) is 11.7. The van der Waals surface area contributed by atoms with Gasteiger partial charge >= 0.3 is 0 Å². The highest BCUT2D eigenvalue weighted by atomic mass is 35.5. The quantitative estimate of drug-likeness (QED) is 0.776. The average Bonchev–Trinajstić information content (AvgIpc) is 2.97. The van der Waals surface area contributed by atoms with E-state index in [-0.39, 0.29) is 5.38 Å². The van der Waals surface area contributed by atoms with Crippen molar-refractivity contribution < 1.29 is 9.47 Å². The van der Waals surface area contributed by atoms with Crippen LogP contribution in [0.5, 0.6) is 11.5 Å². The lowest BCUT2D eigenvalue weighted by atomic mass is 9.95. The molecule has 0 fully saturated rings. The number of halogens is 1. The molecule has 0 bridgehead atoms. The molecule has 108 valence electrons. The number of benzene rings is 2. The van der Waals surface area contributed by atoms with Gasteiger partial charge in [0.2, 0.25) is 0 Å². The molecule has 1 aliphatic carbocycles. The summed E-state index contributed by atoms with van der Waals surface area (Å²) in [5.74, 6) is 2.09. The van der Waals surface area contributed by atoms with Crippen molar-refractivity contribution in [1.29, 1.82) is 0 Å². The SMILES string of the molecule is ClC(c1ccc2c(c1)OCCO2)C1Cc2ccccc2C1. The summed E-state index contributed by atoms with van der Waals surface area (Å²) in [5, 5.41) is 0.00762. The van der Waals surface area contributed by atoms with Crippen LogP contribution in [-0.4, -0.2) is 13.2 Å². The third-order valence-electron chi connectivity index (χ3n) is 4.38. The maximum Gasteiger partial charge on any atom is 0.161 e. The van der Waals surface area contributed by atoms with E-state index in [9.17, 15) is 0 Å². The second-order valence-corrected chi connectivity index (χ2v) is 6.21. The molecule has 21 heavy (non-hydrogen) atoms. The van der Waals surface area contributed by atoms with Crippen LogP contribution in [0.2, 0.25) is 0 Å². The third-order valence-corrected chi connectivity index (χ3v) is 4.99. The average molecular weight is 301 g/mol. The Morgan fingerprint density at radius 2 is 1.57 bits per heavy atom. The maximum atomic E-state index is 6.75. The molecule has 0 spiro atoms. The van der Waals surface area contributed by atoms with Crippen LogP contribution in [0.25, 0.3) is 0 Å². The molecule has 0 N–H and O–H groups in total. The van der Waals surface area contributed by atoms with Crippen molar-refractivity contribution >= 4 is 11.6 Å². The Labute approximate surface area is 129 Å². The van der Waals surface area contributed by atoms with Crippen molar-refractivity contribution in [1.82, 2.24) is 0 Å². The highest BCUT2D eigenvalue weighted by Crippen LogP contribution is 2.41. The minimum atomic E-state index is 0.00762. The van der Waals surface area contributed by atoms with Crippen LogP contribution in [0, 0.1) is 5.92 Å². The lowest BCUT2D eigenvalue weighted by Crippen LogP contribution is -2.16. The molecule has 2 aliphatic rings. The Balaban J connectivity index is 1.57. The second-order valence-electron chi connectivity index (χ2n) is 5.74. The fourth-order valence-electron chi connectivity index (χ4n) is 3.30. The van der Waals surface area contributed by atoms with Crippen LogP contribution in [0.15, 0.2) is 42.5 Å². The molecule has 1 unspecified atom stereocenters. The van der Waals surface area contributed by atoms with Gasteiger partial charge in [0.1, 0.15) is 13.2 Å². The van der Waals surface area contributed by atoms with Crippen LogP contribution >= 0.6 is 11.6 Å². The van der Waals surface area contributed by atoms with Crippen molar-refractivity contribution in [2.45, 2.75) is 18.2 Å². The molecule has 3 heteroatoms. The van der Waals surface area contributed by atoms with Gasteiger partial charge < -0.3 is 9.47 Å². The van der Waals surface area contributed by atoms with E-state index < -0.39 is 0 Å². The van der Waals surface area contributed by atoms with Crippen LogP contribution in [0.3, 0.4) is 0 Å². The number of rotatable bonds is 2. The van der Waals surface area contributed by atoms with Crippen molar-refractivity contribution in [3.63, 3.8) is 0 Å². The van der Waals surface area contributed by atoms with E-state index in [2.05, 4.69) is 30.3 Å². The van der Waals surface area contributed by atoms with Gasteiger partial charge in [0.25, 0.3) is 0 Å². The summed E-state index contributed by atoms with van der Waals surface area (Å²) in [4.78, 5) is 0. The van der Waals surface area contributed by atoms with Crippen molar-refractivity contribution in [3.8, 4) is 11.5 Å². The first-order valence-electron chi connectivity index (χ1n) is 7.41. The zero-order valence-corrected chi connectivity index (χ0v) is 12.5. The van der Waals surface area contributed by atoms with Crippen LogP contribution in [0.4, 0.5) is 0 Å². The fourth-order valence-corrected chi connectivity index (χ4v) is 3.62. The predicted octanol–water partition coefficient (Wildman–Crippen LogP) is 4.15. The van der Waals surface area contributed by atoms with Gasteiger partial charge in [-0.3, -0.25) is 0 Å². The van der Waals surface area contributed by atoms with E-state index in [4.69, 9.17) is 21.1 Å². The van der Waals surface area contributed by atoms with Crippen LogP contribution in [0.1, 0.15) is 22.1 Å². The lowest BCUT2D eigenvalue weighted by molar-refractivity contribution is 0.171. The Bertz CT molecular complexity index is 643. The third kappa shape index (κ3) is 2.38. The molecule has 0 saturated carbocycles. The van der Waals surface area contributed by atoms with Crippen molar-refractivity contribution in [3.05, 3.63) is 59.2 Å². The van der Waals surface area contributed by atoms with Gasteiger partial charge in [-0.25, -0.2) is 0 Å². The summed E-state index contributed by atoms with van der Waals surface area (Å²) in [7, 11) is 0. The number of ether oxygens (including phenoxy) is 2. The van der Waals surface area contributed by atoms with Crippen molar-refractivity contribution in [2.75, 3.05) is 13.2 Å². The van der Waals surface area contributed by atoms with Gasteiger partial charge in [-0.2, -0.15) is 0 Å². The minimum absolute atomic E-state index is 0.00762. The summed E-state index contributed by atoms with van der Waals surface area (Å²) in [6.07, 6.45) is 2.11. The van der Waals surface area contributed by atoms with E-state index >= 15 is 0 Å². The van der Waals surface area contributed by atoms with Crippen LogP contribution < -0.4 is 9.47 Å². The monoisotopic (exact) mass is 300 g/mol. The van der Waals surface area contributed by atoms with Gasteiger partial charge in [-0.15, -0.1) is 11.6 Å². The number of fused-ring (bicyclic) bond motifs is 2. The highest BCUT2D eigenvalue weighted by molar-refractivity contribution is 6.21. The number of hydrogen-bond donors (Lipinski definition) is 0. The molecule has 2 aromatic carbocycles. The molecule has 1 heterocycles. The smallest absolute Gasteiger partial charge is 0.161 e. The summed E-state index contributed by atoms with van der Waals surface area (Å²) < 4.78 is 11.2. The van der Waals surface area contributed by atoms with E-state index in [1.165, 1.54) is 11.1 Å². The van der Waals surface area contributed by atoms with E-state index in [0.29, 0.717) is 19.1 Å². The maximum absolute atomic E-state index is 6.75. The van der Waals surface area contributed by atoms with Gasteiger partial charge in [-0.1, -0.05) is 30.3 Å². The van der Waals surface area contributed by atoms with Crippen molar-refractivity contribution in [2.24, 2.45) is 5.92 Å². The predicted molar refractivity (Wildman–Crippen MR) is 83.4 cm³/mol. The summed E-state index contributed by atoms with van der Waals surface area (Å²) >= 11 is 6.75. The van der Waals surface area contributed by atoms with Gasteiger partial charge in [0.05, 0.1) is 5.38 Å². The topological polar surface area (TPSA) is 18.5 Å². The van der Waals surface area contributed by atoms with Gasteiger partial charge in [0, 0.05) is 0 Å². The van der Waals surface area contributed by atoms with Crippen LogP contribution in [-0.2, 0) is 12.8 Å². The van der Waals surface area contributed by atoms with E-state index in [0.717, 1.165) is 29.9 Å². The molecular weight excluding hydrogens is 284 g/mol. The first-order valence-corrected chi connectivity index (χ1v) is 7.85. The first kappa shape index (κ1) is 13.0. The molecule has 1 aliphatic heterocycles. The Kier molecular flexibility index (Phi) is 3.27. The van der Waals surface area contributed by atoms with Gasteiger partial charge in [0.15, 0.2) is 11.5 Å². The molecule has 0 aromatic heterocycles. The van der Waals surface area contributed by atoms with Gasteiger partial charge in [-0.05, 0) is 47.6 Å². The number of hydrogen-bond acceptors (Lipinski definition) is 2. The molecule has 0 radical (unpaired) electrons. The molecule has 4 rings (SSSR count). The highest BCUT2D eigenvalue weighted by Gasteiger charge is 2.29. The van der Waals surface area contributed by atoms with E-state index in [1.54, 1.807) is 0 Å². The lowest BCUT2D eigenvalue weighted by Gasteiger charge is -2.22. The molecule has 0 saturated heterocycles. The molecule has 1 atom stereocenters. The molecule has 2 aromatic rings. The fraction of sp³-hybridized carbons (Fsp3) is 0.333. The Morgan fingerprint density at radius 1 is 0.905 bits per heavy atom. The molecule has 0 amide bonds. The molecular formula is C18H17ClO2. The van der Waals surface area contributed by atoms with E-state index in [1.807, 2.05) is 12.1 Å². The summed E-state index contributed by atoms with van der Waals surface area (Å²) in [6.45, 7) is 1.23. The standard InChI is InChI=1S/C18H17ClO2/c19-18(15-9-12-3-1-2-4-13(12)10-15)14-5-6-16-17(11-14)21-8-7-20-16/h1-6,11,15,18H,7-10H2. The summed E-state index contributed by atoms with van der Waals surface area (Å²) in [6, 6.07) is 14.7.